The summed E-state index contributed by atoms with van der Waals surface area (Å²) in [7, 11) is -1.09. The number of hydrogen-bond donors (Lipinski definition) is 1. The molecule has 104 valence electrons. The van der Waals surface area contributed by atoms with Crippen LogP contribution in [0.15, 0.2) is 0 Å². The van der Waals surface area contributed by atoms with E-state index in [4.69, 9.17) is 5.26 Å². The number of carbonyl (C=O) groups is 1. The summed E-state index contributed by atoms with van der Waals surface area (Å²) in [6.07, 6.45) is -0.0183. The van der Waals surface area contributed by atoms with Crippen LogP contribution in [0.4, 0.5) is 0 Å². The van der Waals surface area contributed by atoms with E-state index in [9.17, 15) is 13.2 Å². The lowest BCUT2D eigenvalue weighted by Gasteiger charge is -2.20. The number of hydrogen-bond acceptors (Lipinski definition) is 5. The van der Waals surface area contributed by atoms with Crippen molar-refractivity contribution in [2.45, 2.75) is 20.3 Å². The minimum atomic E-state index is -3.68. The maximum Gasteiger partial charge on any atom is 0.306 e. The van der Waals surface area contributed by atoms with Crippen molar-refractivity contribution in [1.82, 2.24) is 9.03 Å². The molecule has 0 fully saturated rings. The fourth-order valence-corrected chi connectivity index (χ4v) is 1.99. The van der Waals surface area contributed by atoms with Gasteiger partial charge in [0.05, 0.1) is 25.0 Å². The second-order valence-corrected chi connectivity index (χ2v) is 6.33. The van der Waals surface area contributed by atoms with Crippen LogP contribution in [0.5, 0.6) is 0 Å². The minimum absolute atomic E-state index is 0.00833. The molecule has 0 aromatic rings. The van der Waals surface area contributed by atoms with Gasteiger partial charge in [0.25, 0.3) is 10.2 Å². The minimum Gasteiger partial charge on any atom is -0.469 e. The standard InChI is InChI=1S/C10H19N3O4S/c1-10(2,7-11)8-12-18(15,16)13(3)6-5-9(14)17-4/h12H,5-6,8H2,1-4H3. The summed E-state index contributed by atoms with van der Waals surface area (Å²) >= 11 is 0. The van der Waals surface area contributed by atoms with E-state index in [2.05, 4.69) is 9.46 Å². The summed E-state index contributed by atoms with van der Waals surface area (Å²) in [5.74, 6) is -0.477. The van der Waals surface area contributed by atoms with Crippen LogP contribution in [0.3, 0.4) is 0 Å². The molecule has 0 aliphatic heterocycles. The van der Waals surface area contributed by atoms with Crippen LogP contribution >= 0.6 is 0 Å². The lowest BCUT2D eigenvalue weighted by molar-refractivity contribution is -0.140. The zero-order valence-corrected chi connectivity index (χ0v) is 11.9. The summed E-state index contributed by atoms with van der Waals surface area (Å²) < 4.78 is 31.2. The molecule has 0 amide bonds. The third-order valence-electron chi connectivity index (χ3n) is 2.27. The Labute approximate surface area is 108 Å². The lowest BCUT2D eigenvalue weighted by Crippen LogP contribution is -2.42. The van der Waals surface area contributed by atoms with Crippen LogP contribution in [-0.4, -0.2) is 45.9 Å². The summed E-state index contributed by atoms with van der Waals surface area (Å²) in [5, 5.41) is 8.78. The Morgan fingerprint density at radius 2 is 2.06 bits per heavy atom. The van der Waals surface area contributed by atoms with Crippen LogP contribution in [-0.2, 0) is 19.7 Å². The summed E-state index contributed by atoms with van der Waals surface area (Å²) in [6.45, 7) is 3.29. The molecule has 0 saturated heterocycles. The van der Waals surface area contributed by atoms with E-state index in [0.29, 0.717) is 0 Å². The van der Waals surface area contributed by atoms with Gasteiger partial charge in [-0.3, -0.25) is 4.79 Å². The molecule has 0 aliphatic rings. The molecule has 0 spiro atoms. The number of carbonyl (C=O) groups excluding carboxylic acids is 1. The van der Waals surface area contributed by atoms with Gasteiger partial charge in [0.2, 0.25) is 0 Å². The van der Waals surface area contributed by atoms with Crippen molar-refractivity contribution in [3.8, 4) is 6.07 Å². The average molecular weight is 277 g/mol. The van der Waals surface area contributed by atoms with Gasteiger partial charge in [0.1, 0.15) is 0 Å². The highest BCUT2D eigenvalue weighted by molar-refractivity contribution is 7.87. The molecule has 1 N–H and O–H groups in total. The number of nitrogens with zero attached hydrogens (tertiary/aromatic N) is 2. The predicted octanol–water partition coefficient (Wildman–Crippen LogP) is -0.135. The second-order valence-electron chi connectivity index (χ2n) is 4.47. The van der Waals surface area contributed by atoms with E-state index in [1.165, 1.54) is 14.2 Å². The molecule has 0 aromatic carbocycles. The van der Waals surface area contributed by atoms with E-state index in [1.807, 2.05) is 6.07 Å². The molecule has 0 aromatic heterocycles. The Kier molecular flexibility index (Phi) is 6.25. The molecule has 7 nitrogen and oxygen atoms in total. The first-order chi connectivity index (χ1) is 8.14. The Hall–Kier alpha value is -1.17. The van der Waals surface area contributed by atoms with E-state index < -0.39 is 21.6 Å². The SMILES string of the molecule is COC(=O)CCN(C)S(=O)(=O)NCC(C)(C)C#N. The van der Waals surface area contributed by atoms with Crippen molar-refractivity contribution in [3.05, 3.63) is 0 Å². The highest BCUT2D eigenvalue weighted by Gasteiger charge is 2.23. The first-order valence-corrected chi connectivity index (χ1v) is 6.77. The van der Waals surface area contributed by atoms with Crippen molar-refractivity contribution >= 4 is 16.2 Å². The van der Waals surface area contributed by atoms with Crippen molar-refractivity contribution in [2.24, 2.45) is 5.41 Å². The summed E-state index contributed by atoms with van der Waals surface area (Å²) in [4.78, 5) is 10.9. The quantitative estimate of drug-likeness (QED) is 0.653. The third kappa shape index (κ3) is 5.95. The van der Waals surface area contributed by atoms with E-state index in [-0.39, 0.29) is 19.5 Å². The molecule has 0 bridgehead atoms. The molecule has 0 heterocycles. The molecule has 0 atom stereocenters. The van der Waals surface area contributed by atoms with Gasteiger partial charge in [-0.25, -0.2) is 4.72 Å². The first kappa shape index (κ1) is 16.8. The number of nitrogens with one attached hydrogen (secondary N) is 1. The van der Waals surface area contributed by atoms with Crippen molar-refractivity contribution in [2.75, 3.05) is 27.2 Å². The van der Waals surface area contributed by atoms with Crippen molar-refractivity contribution in [3.63, 3.8) is 0 Å². The van der Waals surface area contributed by atoms with Gasteiger partial charge < -0.3 is 4.74 Å². The smallest absolute Gasteiger partial charge is 0.306 e. The maximum absolute atomic E-state index is 11.7. The summed E-state index contributed by atoms with van der Waals surface area (Å²) in [6, 6.07) is 1.99. The molecule has 0 radical (unpaired) electrons. The highest BCUT2D eigenvalue weighted by Crippen LogP contribution is 2.11. The van der Waals surface area contributed by atoms with Gasteiger partial charge in [0, 0.05) is 20.1 Å². The van der Waals surface area contributed by atoms with Gasteiger partial charge >= 0.3 is 5.97 Å². The van der Waals surface area contributed by atoms with Crippen LogP contribution in [0.2, 0.25) is 0 Å². The van der Waals surface area contributed by atoms with Gasteiger partial charge in [-0.05, 0) is 13.8 Å². The fourth-order valence-electron chi connectivity index (χ4n) is 0.892. The first-order valence-electron chi connectivity index (χ1n) is 5.33. The van der Waals surface area contributed by atoms with Gasteiger partial charge in [-0.15, -0.1) is 0 Å². The topological polar surface area (TPSA) is 99.5 Å². The number of ether oxygens (including phenoxy) is 1. The lowest BCUT2D eigenvalue weighted by atomic mass is 9.97. The monoisotopic (exact) mass is 277 g/mol. The molecule has 8 heteroatoms. The Bertz CT molecular complexity index is 425. The van der Waals surface area contributed by atoms with E-state index in [0.717, 1.165) is 4.31 Å². The predicted molar refractivity (Wildman–Crippen MR) is 65.6 cm³/mol. The molecule has 0 saturated carbocycles. The van der Waals surface area contributed by atoms with E-state index >= 15 is 0 Å². The Morgan fingerprint density at radius 1 is 1.50 bits per heavy atom. The van der Waals surface area contributed by atoms with Gasteiger partial charge in [-0.2, -0.15) is 18.0 Å². The van der Waals surface area contributed by atoms with Crippen LogP contribution < -0.4 is 4.72 Å². The van der Waals surface area contributed by atoms with Gasteiger partial charge in [-0.1, -0.05) is 0 Å². The van der Waals surface area contributed by atoms with Crippen LogP contribution in [0.1, 0.15) is 20.3 Å². The second kappa shape index (κ2) is 6.68. The largest absolute Gasteiger partial charge is 0.469 e. The average Bonchev–Trinajstić information content (AvgIpc) is 2.33. The highest BCUT2D eigenvalue weighted by atomic mass is 32.2. The molecular formula is C10H19N3O4S. The summed E-state index contributed by atoms with van der Waals surface area (Å²) in [5.41, 5.74) is -0.781. The third-order valence-corrected chi connectivity index (χ3v) is 3.78. The Balaban J connectivity index is 4.38. The van der Waals surface area contributed by atoms with Crippen molar-refractivity contribution < 1.29 is 17.9 Å². The zero-order chi connectivity index (χ0) is 14.4. The molecule has 18 heavy (non-hydrogen) atoms. The molecule has 0 rings (SSSR count). The number of methoxy groups -OCH3 is 1. The van der Waals surface area contributed by atoms with E-state index in [1.54, 1.807) is 13.8 Å². The van der Waals surface area contributed by atoms with Gasteiger partial charge in [0.15, 0.2) is 0 Å². The Morgan fingerprint density at radius 3 is 2.50 bits per heavy atom. The maximum atomic E-state index is 11.7. The van der Waals surface area contributed by atoms with Crippen molar-refractivity contribution in [1.29, 1.82) is 5.26 Å². The molecule has 0 aliphatic carbocycles. The number of nitriles is 1. The number of rotatable bonds is 7. The molecule has 0 unspecified atom stereocenters. The molecular weight excluding hydrogens is 258 g/mol. The normalized spacial score (nSPS) is 12.2. The number of esters is 1. The van der Waals surface area contributed by atoms with Crippen LogP contribution in [0.25, 0.3) is 0 Å². The van der Waals surface area contributed by atoms with Crippen LogP contribution in [0, 0.1) is 16.7 Å². The fraction of sp³-hybridized carbons (Fsp3) is 0.800. The zero-order valence-electron chi connectivity index (χ0n) is 11.1.